The van der Waals surface area contributed by atoms with Gasteiger partial charge in [0.15, 0.2) is 0 Å². The van der Waals surface area contributed by atoms with Gasteiger partial charge in [-0.3, -0.25) is 4.79 Å². The van der Waals surface area contributed by atoms with Gasteiger partial charge >= 0.3 is 0 Å². The van der Waals surface area contributed by atoms with Crippen LogP contribution in [0.3, 0.4) is 0 Å². The van der Waals surface area contributed by atoms with E-state index in [9.17, 15) is 4.79 Å². The Kier molecular flexibility index (Phi) is 4.95. The average Bonchev–Trinajstić information content (AvgIpc) is 2.61. The van der Waals surface area contributed by atoms with Crippen LogP contribution in [-0.2, 0) is 4.79 Å². The maximum absolute atomic E-state index is 11.7. The number of nitrogens with zero attached hydrogens (tertiary/aromatic N) is 3. The van der Waals surface area contributed by atoms with Gasteiger partial charge in [0, 0.05) is 31.8 Å². The molecule has 1 amide bonds. The predicted molar refractivity (Wildman–Crippen MR) is 102 cm³/mol. The summed E-state index contributed by atoms with van der Waals surface area (Å²) in [4.78, 5) is 21.7. The molecule has 0 aliphatic rings. The first-order valence-electron chi connectivity index (χ1n) is 7.69. The number of hydrogen-bond donors (Lipinski definition) is 1. The van der Waals surface area contributed by atoms with Crippen molar-refractivity contribution < 1.29 is 4.79 Å². The molecular formula is C19H17ClN4O. The van der Waals surface area contributed by atoms with Crippen LogP contribution in [0.5, 0.6) is 0 Å². The summed E-state index contributed by atoms with van der Waals surface area (Å²) in [6.45, 7) is 0. The van der Waals surface area contributed by atoms with Gasteiger partial charge in [-0.05, 0) is 41.3 Å². The lowest BCUT2D eigenvalue weighted by molar-refractivity contribution is -0.123. The van der Waals surface area contributed by atoms with Crippen LogP contribution in [0.4, 0.5) is 11.5 Å². The average molecular weight is 353 g/mol. The Morgan fingerprint density at radius 2 is 2.00 bits per heavy atom. The highest BCUT2D eigenvalue weighted by Crippen LogP contribution is 2.25. The lowest BCUT2D eigenvalue weighted by Crippen LogP contribution is -2.18. The molecule has 0 aliphatic heterocycles. The summed E-state index contributed by atoms with van der Waals surface area (Å²) in [5.41, 5.74) is 1.76. The number of likely N-dealkylation sites (N-methyl/N-ethyl adjacent to an activating group) is 1. The van der Waals surface area contributed by atoms with E-state index in [1.165, 1.54) is 4.90 Å². The zero-order valence-corrected chi connectivity index (χ0v) is 14.7. The smallest absolute Gasteiger partial charge is 0.246 e. The molecule has 0 unspecified atom stereocenters. The number of pyridine rings is 2. The van der Waals surface area contributed by atoms with Crippen LogP contribution in [0.2, 0.25) is 5.15 Å². The summed E-state index contributed by atoms with van der Waals surface area (Å²) in [5, 5.41) is 5.70. The zero-order chi connectivity index (χ0) is 17.8. The number of carbonyl (C=O) groups is 1. The summed E-state index contributed by atoms with van der Waals surface area (Å²) in [7, 11) is 3.45. The van der Waals surface area contributed by atoms with Gasteiger partial charge in [0.05, 0.1) is 11.9 Å². The maximum Gasteiger partial charge on any atom is 0.246 e. The van der Waals surface area contributed by atoms with Crippen molar-refractivity contribution in [1.29, 1.82) is 0 Å². The first-order valence-corrected chi connectivity index (χ1v) is 8.07. The number of carbonyl (C=O) groups excluding carboxylic acids is 1. The van der Waals surface area contributed by atoms with Gasteiger partial charge in [-0.2, -0.15) is 0 Å². The van der Waals surface area contributed by atoms with E-state index in [1.54, 1.807) is 44.7 Å². The van der Waals surface area contributed by atoms with Crippen LogP contribution < -0.4 is 5.32 Å². The summed E-state index contributed by atoms with van der Waals surface area (Å²) >= 11 is 5.81. The van der Waals surface area contributed by atoms with Crippen LogP contribution in [-0.4, -0.2) is 34.9 Å². The van der Waals surface area contributed by atoms with Crippen molar-refractivity contribution in [3.05, 3.63) is 65.6 Å². The predicted octanol–water partition coefficient (Wildman–Crippen LogP) is 4.13. The molecule has 2 aromatic heterocycles. The van der Waals surface area contributed by atoms with Crippen LogP contribution in [0, 0.1) is 0 Å². The first-order chi connectivity index (χ1) is 12.0. The first kappa shape index (κ1) is 16.9. The van der Waals surface area contributed by atoms with E-state index in [-0.39, 0.29) is 5.91 Å². The minimum Gasteiger partial charge on any atom is -0.345 e. The van der Waals surface area contributed by atoms with E-state index in [1.807, 2.05) is 30.3 Å². The molecule has 0 radical (unpaired) electrons. The van der Waals surface area contributed by atoms with Crippen molar-refractivity contribution in [3.63, 3.8) is 0 Å². The van der Waals surface area contributed by atoms with Gasteiger partial charge in [0.25, 0.3) is 0 Å². The van der Waals surface area contributed by atoms with Crippen LogP contribution in [0.15, 0.2) is 54.9 Å². The van der Waals surface area contributed by atoms with Gasteiger partial charge in [0.1, 0.15) is 11.0 Å². The quantitative estimate of drug-likeness (QED) is 0.566. The molecule has 0 atom stereocenters. The van der Waals surface area contributed by atoms with Crippen molar-refractivity contribution in [3.8, 4) is 0 Å². The number of fused-ring (bicyclic) bond motifs is 1. The topological polar surface area (TPSA) is 58.1 Å². The highest BCUT2D eigenvalue weighted by Gasteiger charge is 2.04. The molecule has 0 saturated heterocycles. The summed E-state index contributed by atoms with van der Waals surface area (Å²) in [5.74, 6) is 0.689. The third kappa shape index (κ3) is 4.14. The molecule has 6 heteroatoms. The Morgan fingerprint density at radius 3 is 2.72 bits per heavy atom. The molecule has 3 rings (SSSR count). The zero-order valence-electron chi connectivity index (χ0n) is 13.9. The molecule has 1 N–H and O–H groups in total. The summed E-state index contributed by atoms with van der Waals surface area (Å²) < 4.78 is 0. The monoisotopic (exact) mass is 352 g/mol. The highest BCUT2D eigenvalue weighted by atomic mass is 35.5. The van der Waals surface area contributed by atoms with Crippen molar-refractivity contribution in [1.82, 2.24) is 14.9 Å². The minimum absolute atomic E-state index is 0.0487. The van der Waals surface area contributed by atoms with Crippen LogP contribution in [0.25, 0.3) is 16.8 Å². The van der Waals surface area contributed by atoms with Gasteiger partial charge in [-0.25, -0.2) is 9.97 Å². The summed E-state index contributed by atoms with van der Waals surface area (Å²) in [6, 6.07) is 11.5. The van der Waals surface area contributed by atoms with E-state index in [0.29, 0.717) is 5.15 Å². The molecule has 2 heterocycles. The lowest BCUT2D eigenvalue weighted by Gasteiger charge is -2.09. The second-order valence-corrected chi connectivity index (χ2v) is 6.09. The fourth-order valence-corrected chi connectivity index (χ4v) is 2.41. The molecule has 0 fully saturated rings. The van der Waals surface area contributed by atoms with Gasteiger partial charge in [-0.1, -0.05) is 23.7 Å². The molecule has 1 aromatic carbocycles. The number of amides is 1. The molecule has 5 nitrogen and oxygen atoms in total. The van der Waals surface area contributed by atoms with E-state index < -0.39 is 0 Å². The molecule has 0 spiro atoms. The minimum atomic E-state index is -0.0487. The standard InChI is InChI=1S/C19H17ClN4O/c1-24(2)18(25)8-4-13-3-6-16-14(11-13)9-10-21-19(16)23-15-5-7-17(20)22-12-15/h3-12H,1-2H3,(H,21,23)/b8-4+. The molecule has 0 bridgehead atoms. The number of hydrogen-bond acceptors (Lipinski definition) is 4. The highest BCUT2D eigenvalue weighted by molar-refractivity contribution is 6.29. The largest absolute Gasteiger partial charge is 0.345 e. The SMILES string of the molecule is CN(C)C(=O)/C=C/c1ccc2c(Nc3ccc(Cl)nc3)nccc2c1. The normalized spacial score (nSPS) is 11.0. The Morgan fingerprint density at radius 1 is 1.16 bits per heavy atom. The van der Waals surface area contributed by atoms with Crippen molar-refractivity contribution in [2.45, 2.75) is 0 Å². The number of benzene rings is 1. The second-order valence-electron chi connectivity index (χ2n) is 5.70. The summed E-state index contributed by atoms with van der Waals surface area (Å²) in [6.07, 6.45) is 6.76. The number of rotatable bonds is 4. The van der Waals surface area contributed by atoms with Crippen molar-refractivity contribution >= 4 is 45.9 Å². The Labute approximate surface area is 151 Å². The van der Waals surface area contributed by atoms with E-state index in [2.05, 4.69) is 15.3 Å². The van der Waals surface area contributed by atoms with Crippen LogP contribution in [0.1, 0.15) is 5.56 Å². The number of nitrogens with one attached hydrogen (secondary N) is 1. The third-order valence-corrected chi connectivity index (χ3v) is 3.86. The van der Waals surface area contributed by atoms with E-state index >= 15 is 0 Å². The number of anilines is 2. The molecule has 0 aliphatic carbocycles. The molecule has 25 heavy (non-hydrogen) atoms. The number of halogens is 1. The lowest BCUT2D eigenvalue weighted by atomic mass is 10.1. The van der Waals surface area contributed by atoms with Crippen molar-refractivity contribution in [2.24, 2.45) is 0 Å². The van der Waals surface area contributed by atoms with E-state index in [4.69, 9.17) is 11.6 Å². The van der Waals surface area contributed by atoms with Crippen LogP contribution >= 0.6 is 11.6 Å². The maximum atomic E-state index is 11.7. The van der Waals surface area contributed by atoms with E-state index in [0.717, 1.165) is 27.8 Å². The fraction of sp³-hybridized carbons (Fsp3) is 0.105. The number of aromatic nitrogens is 2. The van der Waals surface area contributed by atoms with Gasteiger partial charge < -0.3 is 10.2 Å². The Hall–Kier alpha value is -2.92. The second kappa shape index (κ2) is 7.32. The Bertz CT molecular complexity index is 936. The molecular weight excluding hydrogens is 336 g/mol. The van der Waals surface area contributed by atoms with Crippen molar-refractivity contribution in [2.75, 3.05) is 19.4 Å². The molecule has 126 valence electrons. The third-order valence-electron chi connectivity index (χ3n) is 3.64. The molecule has 0 saturated carbocycles. The Balaban J connectivity index is 1.89. The van der Waals surface area contributed by atoms with Gasteiger partial charge in [0.2, 0.25) is 5.91 Å². The van der Waals surface area contributed by atoms with Gasteiger partial charge in [-0.15, -0.1) is 0 Å². The molecule has 3 aromatic rings. The fourth-order valence-electron chi connectivity index (χ4n) is 2.30.